The number of hydrogen-bond acceptors (Lipinski definition) is 5. The highest BCUT2D eigenvalue weighted by Gasteiger charge is 2.09. The largest absolute Gasteiger partial charge is 0.508 e. The van der Waals surface area contributed by atoms with Gasteiger partial charge >= 0.3 is 5.69 Å². The van der Waals surface area contributed by atoms with Crippen molar-refractivity contribution in [2.24, 2.45) is 0 Å². The molecule has 0 fully saturated rings. The second-order valence-electron chi connectivity index (χ2n) is 7.67. The van der Waals surface area contributed by atoms with Crippen molar-refractivity contribution in [3.63, 3.8) is 0 Å². The summed E-state index contributed by atoms with van der Waals surface area (Å²) in [7, 11) is 0. The molecule has 0 saturated heterocycles. The van der Waals surface area contributed by atoms with E-state index in [1.165, 1.54) is 0 Å². The number of hydrogen-bond donors (Lipinski definition) is 3. The van der Waals surface area contributed by atoms with Gasteiger partial charge in [-0.15, -0.1) is 0 Å². The van der Waals surface area contributed by atoms with E-state index in [0.717, 1.165) is 16.7 Å². The van der Waals surface area contributed by atoms with E-state index in [0.29, 0.717) is 34.3 Å². The number of H-pyrrole nitrogens is 1. The highest BCUT2D eigenvalue weighted by atomic mass is 35.5. The Hall–Kier alpha value is -4.10. The molecular weight excluding hydrogens is 454 g/mol. The molecule has 4 rings (SSSR count). The fourth-order valence-electron chi connectivity index (χ4n) is 3.34. The predicted octanol–water partition coefficient (Wildman–Crippen LogP) is 4.47. The van der Waals surface area contributed by atoms with Crippen LogP contribution in [0.4, 0.5) is 0 Å². The number of ether oxygens (including phenoxy) is 1. The number of aromatic hydroxyl groups is 1. The summed E-state index contributed by atoms with van der Waals surface area (Å²) in [6, 6.07) is 21.1. The van der Waals surface area contributed by atoms with Crippen LogP contribution >= 0.6 is 11.6 Å². The Morgan fingerprint density at radius 3 is 2.53 bits per heavy atom. The smallest absolute Gasteiger partial charge is 0.345 e. The molecule has 0 saturated carbocycles. The van der Waals surface area contributed by atoms with Crippen LogP contribution in [0.25, 0.3) is 22.5 Å². The third-order valence-corrected chi connectivity index (χ3v) is 5.58. The van der Waals surface area contributed by atoms with E-state index in [1.54, 1.807) is 61.5 Å². The van der Waals surface area contributed by atoms with Crippen molar-refractivity contribution in [1.29, 1.82) is 0 Å². The first-order valence-corrected chi connectivity index (χ1v) is 10.9. The lowest BCUT2D eigenvalue weighted by atomic mass is 10.1. The van der Waals surface area contributed by atoms with Gasteiger partial charge in [0.25, 0.3) is 5.91 Å². The second-order valence-corrected chi connectivity index (χ2v) is 8.07. The van der Waals surface area contributed by atoms with Crippen molar-refractivity contribution in [3.8, 4) is 34.0 Å². The monoisotopic (exact) mass is 475 g/mol. The maximum absolute atomic E-state index is 12.1. The Morgan fingerprint density at radius 2 is 1.79 bits per heavy atom. The summed E-state index contributed by atoms with van der Waals surface area (Å²) in [6.45, 7) is 1.96. The van der Waals surface area contributed by atoms with Crippen molar-refractivity contribution >= 4 is 17.5 Å². The second kappa shape index (κ2) is 10.2. The molecule has 0 bridgehead atoms. The first kappa shape index (κ1) is 23.1. The first-order chi connectivity index (χ1) is 16.4. The Morgan fingerprint density at radius 1 is 1.06 bits per heavy atom. The molecule has 1 aromatic heterocycles. The summed E-state index contributed by atoms with van der Waals surface area (Å²) in [6.07, 6.45) is 0. The van der Waals surface area contributed by atoms with Crippen LogP contribution in [0.15, 0.2) is 77.6 Å². The lowest BCUT2D eigenvalue weighted by Crippen LogP contribution is -2.28. The molecule has 0 spiro atoms. The SMILES string of the molecule is Cc1cc(-c2cc(-c3ccc(OCC(=O)NCc4ccccc4Cl)cc3)[nH]c(=O)n2)ccc1O. The standard InChI is InChI=1S/C26H22ClN3O4/c1-16-12-18(8-11-24(16)31)23-13-22(29-26(33)30-23)17-6-9-20(10-7-17)34-15-25(32)28-14-19-4-2-3-5-21(19)27/h2-13,31H,14-15H2,1H3,(H,28,32)(H,29,30,33). The average molecular weight is 476 g/mol. The molecule has 1 heterocycles. The molecule has 0 aliphatic carbocycles. The number of rotatable bonds is 7. The van der Waals surface area contributed by atoms with Gasteiger partial charge in [0.1, 0.15) is 11.5 Å². The van der Waals surface area contributed by atoms with E-state index >= 15 is 0 Å². The topological polar surface area (TPSA) is 104 Å². The maximum atomic E-state index is 12.1. The predicted molar refractivity (Wildman–Crippen MR) is 131 cm³/mol. The van der Waals surface area contributed by atoms with Crippen LogP contribution in [0.1, 0.15) is 11.1 Å². The van der Waals surface area contributed by atoms with E-state index in [9.17, 15) is 14.7 Å². The fourth-order valence-corrected chi connectivity index (χ4v) is 3.54. The van der Waals surface area contributed by atoms with Crippen LogP contribution < -0.4 is 15.7 Å². The number of phenolic OH excluding ortho intramolecular Hbond substituents is 1. The van der Waals surface area contributed by atoms with Crippen molar-refractivity contribution < 1.29 is 14.6 Å². The summed E-state index contributed by atoms with van der Waals surface area (Å²) >= 11 is 6.09. The van der Waals surface area contributed by atoms with E-state index in [1.807, 2.05) is 18.2 Å². The number of halogens is 1. The van der Waals surface area contributed by atoms with Crippen LogP contribution in [-0.4, -0.2) is 27.6 Å². The molecule has 0 unspecified atom stereocenters. The van der Waals surface area contributed by atoms with Gasteiger partial charge in [-0.1, -0.05) is 29.8 Å². The van der Waals surface area contributed by atoms with Crippen LogP contribution in [0.3, 0.4) is 0 Å². The molecule has 7 nitrogen and oxygen atoms in total. The minimum atomic E-state index is -0.478. The Balaban J connectivity index is 1.41. The molecular formula is C26H22ClN3O4. The van der Waals surface area contributed by atoms with Gasteiger partial charge < -0.3 is 20.1 Å². The van der Waals surface area contributed by atoms with E-state index in [-0.39, 0.29) is 18.3 Å². The molecule has 3 aromatic carbocycles. The zero-order valence-electron chi connectivity index (χ0n) is 18.3. The number of aromatic amines is 1. The van der Waals surface area contributed by atoms with Gasteiger partial charge in [-0.3, -0.25) is 4.79 Å². The quantitative estimate of drug-likeness (QED) is 0.366. The average Bonchev–Trinajstić information content (AvgIpc) is 2.84. The van der Waals surface area contributed by atoms with Crippen molar-refractivity contribution in [2.45, 2.75) is 13.5 Å². The minimum absolute atomic E-state index is 0.139. The van der Waals surface area contributed by atoms with Crippen molar-refractivity contribution in [1.82, 2.24) is 15.3 Å². The molecule has 34 heavy (non-hydrogen) atoms. The first-order valence-electron chi connectivity index (χ1n) is 10.5. The van der Waals surface area contributed by atoms with Crippen LogP contribution in [0.5, 0.6) is 11.5 Å². The van der Waals surface area contributed by atoms with Gasteiger partial charge in [0, 0.05) is 17.1 Å². The number of carbonyl (C=O) groups is 1. The van der Waals surface area contributed by atoms with Crippen LogP contribution in [0.2, 0.25) is 5.02 Å². The number of phenols is 1. The Kier molecular flexibility index (Phi) is 6.94. The summed E-state index contributed by atoms with van der Waals surface area (Å²) in [5, 5.41) is 13.1. The normalized spacial score (nSPS) is 10.6. The third kappa shape index (κ3) is 5.63. The molecule has 0 radical (unpaired) electrons. The lowest BCUT2D eigenvalue weighted by molar-refractivity contribution is -0.123. The molecule has 4 aromatic rings. The number of carbonyl (C=O) groups excluding carboxylic acids is 1. The summed E-state index contributed by atoms with van der Waals surface area (Å²) in [4.78, 5) is 31.0. The zero-order chi connectivity index (χ0) is 24.1. The number of nitrogens with zero attached hydrogens (tertiary/aromatic N) is 1. The summed E-state index contributed by atoms with van der Waals surface area (Å²) < 4.78 is 5.57. The van der Waals surface area contributed by atoms with Crippen LogP contribution in [0, 0.1) is 6.92 Å². The lowest BCUT2D eigenvalue weighted by Gasteiger charge is -2.10. The van der Waals surface area contributed by atoms with E-state index in [4.69, 9.17) is 16.3 Å². The van der Waals surface area contributed by atoms with Gasteiger partial charge in [0.15, 0.2) is 6.61 Å². The zero-order valence-corrected chi connectivity index (χ0v) is 19.1. The fraction of sp³-hybridized carbons (Fsp3) is 0.115. The van der Waals surface area contributed by atoms with E-state index in [2.05, 4.69) is 15.3 Å². The van der Waals surface area contributed by atoms with E-state index < -0.39 is 5.69 Å². The number of nitrogens with one attached hydrogen (secondary N) is 2. The molecule has 3 N–H and O–H groups in total. The number of amides is 1. The molecule has 172 valence electrons. The van der Waals surface area contributed by atoms with Gasteiger partial charge in [-0.05, 0) is 78.2 Å². The highest BCUT2D eigenvalue weighted by Crippen LogP contribution is 2.26. The Labute approximate surface area is 201 Å². The van der Waals surface area contributed by atoms with Gasteiger partial charge in [0.2, 0.25) is 0 Å². The number of benzene rings is 3. The Bertz CT molecular complexity index is 1380. The summed E-state index contributed by atoms with van der Waals surface area (Å²) in [5.41, 5.74) is 3.61. The third-order valence-electron chi connectivity index (χ3n) is 5.21. The van der Waals surface area contributed by atoms with Crippen molar-refractivity contribution in [3.05, 3.63) is 99.4 Å². The van der Waals surface area contributed by atoms with Crippen molar-refractivity contribution in [2.75, 3.05) is 6.61 Å². The molecule has 0 atom stereocenters. The van der Waals surface area contributed by atoms with Gasteiger partial charge in [-0.25, -0.2) is 4.79 Å². The number of aryl methyl sites for hydroxylation is 1. The molecule has 8 heteroatoms. The minimum Gasteiger partial charge on any atom is -0.508 e. The maximum Gasteiger partial charge on any atom is 0.345 e. The van der Waals surface area contributed by atoms with Crippen LogP contribution in [-0.2, 0) is 11.3 Å². The number of aromatic nitrogens is 2. The molecule has 0 aliphatic rings. The highest BCUT2D eigenvalue weighted by molar-refractivity contribution is 6.31. The summed E-state index contributed by atoms with van der Waals surface area (Å²) in [5.74, 6) is 0.431. The molecule has 1 amide bonds. The molecule has 0 aliphatic heterocycles. The van der Waals surface area contributed by atoms with Gasteiger partial charge in [0.05, 0.1) is 11.4 Å². The van der Waals surface area contributed by atoms with Gasteiger partial charge in [-0.2, -0.15) is 4.98 Å².